The number of benzene rings is 3. The lowest BCUT2D eigenvalue weighted by molar-refractivity contribution is 0.0501. The Morgan fingerprint density at radius 3 is 2.56 bits per heavy atom. The smallest absolute Gasteiger partial charge is 0.280 e. The van der Waals surface area contributed by atoms with Crippen LogP contribution < -0.4 is 10.3 Å². The summed E-state index contributed by atoms with van der Waals surface area (Å²) >= 11 is 0. The number of imidazole rings is 1. The molecule has 9 nitrogen and oxygen atoms in total. The van der Waals surface area contributed by atoms with Gasteiger partial charge in [-0.15, -0.1) is 0 Å². The maximum atomic E-state index is 14.8. The van der Waals surface area contributed by atoms with Gasteiger partial charge in [-0.1, -0.05) is 36.4 Å². The number of nitrogens with one attached hydrogen (secondary N) is 1. The molecular weight excluding hydrogens is 571 g/mol. The number of nitrogens with zero attached hydrogens (tertiary/aromatic N) is 5. The topological polar surface area (TPSA) is 98.2 Å². The summed E-state index contributed by atoms with van der Waals surface area (Å²) in [6.45, 7) is 2.14. The second kappa shape index (κ2) is 12.2. The number of aromatic amines is 1. The first kappa shape index (κ1) is 28.8. The molecule has 1 saturated heterocycles. The lowest BCUT2D eigenvalue weighted by atomic mass is 9.89. The molecule has 0 radical (unpaired) electrons. The van der Waals surface area contributed by atoms with Crippen LogP contribution in [0, 0.1) is 5.82 Å². The van der Waals surface area contributed by atoms with E-state index in [-0.39, 0.29) is 12.3 Å². The molecule has 0 amide bonds. The van der Waals surface area contributed by atoms with Crippen molar-refractivity contribution in [2.75, 3.05) is 34.0 Å². The Morgan fingerprint density at radius 2 is 1.78 bits per heavy atom. The van der Waals surface area contributed by atoms with Crippen molar-refractivity contribution in [2.24, 2.45) is 0 Å². The van der Waals surface area contributed by atoms with Gasteiger partial charge in [-0.2, -0.15) is 0 Å². The van der Waals surface area contributed by atoms with E-state index in [1.165, 1.54) is 41.8 Å². The average molecular weight is 605 g/mol. The van der Waals surface area contributed by atoms with E-state index in [9.17, 15) is 9.18 Å². The van der Waals surface area contributed by atoms with Gasteiger partial charge in [0.05, 0.1) is 28.6 Å². The number of H-pyrrole nitrogens is 1. The number of hydrogen-bond acceptors (Lipinski definition) is 7. The monoisotopic (exact) mass is 604 g/mol. The van der Waals surface area contributed by atoms with E-state index in [0.717, 1.165) is 37.0 Å². The molecule has 1 aliphatic rings. The number of methoxy groups -OCH3 is 1. The fraction of sp³-hybridized carbons (Fsp3) is 0.257. The van der Waals surface area contributed by atoms with Crippen LogP contribution in [0.5, 0.6) is 5.75 Å². The van der Waals surface area contributed by atoms with Crippen molar-refractivity contribution in [3.63, 3.8) is 0 Å². The summed E-state index contributed by atoms with van der Waals surface area (Å²) in [6, 6.07) is 23.0. The van der Waals surface area contributed by atoms with Crippen molar-refractivity contribution in [3.8, 4) is 17.0 Å². The minimum atomic E-state index is -0.899. The van der Waals surface area contributed by atoms with Crippen LogP contribution in [-0.2, 0) is 4.74 Å². The first-order valence-electron chi connectivity index (χ1n) is 15.0. The van der Waals surface area contributed by atoms with Crippen LogP contribution in [-0.4, -0.2) is 63.4 Å². The molecule has 1 unspecified atom stereocenters. The van der Waals surface area contributed by atoms with Crippen LogP contribution >= 0.6 is 0 Å². The van der Waals surface area contributed by atoms with Gasteiger partial charge >= 0.3 is 0 Å². The number of likely N-dealkylation sites (tertiary alicyclic amines) is 1. The Morgan fingerprint density at radius 1 is 0.978 bits per heavy atom. The first-order chi connectivity index (χ1) is 22.0. The summed E-state index contributed by atoms with van der Waals surface area (Å²) in [5.74, 6) is 0.837. The number of para-hydroxylation sites is 2. The predicted octanol–water partition coefficient (Wildman–Crippen LogP) is 5.90. The van der Waals surface area contributed by atoms with Gasteiger partial charge < -0.3 is 19.4 Å². The molecule has 1 atom stereocenters. The minimum absolute atomic E-state index is 0.0577. The van der Waals surface area contributed by atoms with E-state index in [0.29, 0.717) is 39.8 Å². The zero-order valence-electron chi connectivity index (χ0n) is 25.1. The third-order valence-electron chi connectivity index (χ3n) is 8.57. The highest BCUT2D eigenvalue weighted by atomic mass is 19.1. The SMILES string of the molecule is COCOc1ccc(F)cc1C(c1nc2ccccc2[nH]1)n1cnc2ccc(-c3ccc(C4CCN(C)CC4)cc3)nc2c1=O. The average Bonchev–Trinajstić information content (AvgIpc) is 3.50. The zero-order chi connectivity index (χ0) is 30.9. The van der Waals surface area contributed by atoms with Crippen LogP contribution in [0.4, 0.5) is 4.39 Å². The molecule has 0 saturated carbocycles. The van der Waals surface area contributed by atoms with Crippen molar-refractivity contribution in [1.29, 1.82) is 0 Å². The van der Waals surface area contributed by atoms with Gasteiger partial charge in [-0.25, -0.2) is 19.3 Å². The van der Waals surface area contributed by atoms with Gasteiger partial charge in [0.15, 0.2) is 12.3 Å². The Labute approximate surface area is 259 Å². The number of halogens is 1. The van der Waals surface area contributed by atoms with Crippen LogP contribution in [0.25, 0.3) is 33.3 Å². The molecule has 7 rings (SSSR count). The standard InChI is InChI=1S/C35H33FN6O3/c1-41-17-15-23(16-18-41)22-7-9-24(10-8-22)27-12-13-30-32(38-27)35(43)42(20-37-30)33(34-39-28-5-3-4-6-29(28)40-34)26-19-25(36)11-14-31(26)45-21-44-2/h3-14,19-20,23,33H,15-18,21H2,1-2H3,(H,39,40). The third-order valence-corrected chi connectivity index (χ3v) is 8.57. The van der Waals surface area contributed by atoms with Gasteiger partial charge in [0.1, 0.15) is 23.4 Å². The quantitative estimate of drug-likeness (QED) is 0.216. The zero-order valence-corrected chi connectivity index (χ0v) is 25.1. The normalized spacial score (nSPS) is 15.1. The van der Waals surface area contributed by atoms with Crippen LogP contribution in [0.15, 0.2) is 90.0 Å². The molecule has 45 heavy (non-hydrogen) atoms. The Hall–Kier alpha value is -4.93. The summed E-state index contributed by atoms with van der Waals surface area (Å²) in [6.07, 6.45) is 3.74. The highest BCUT2D eigenvalue weighted by Gasteiger charge is 2.27. The van der Waals surface area contributed by atoms with E-state index in [2.05, 4.69) is 46.2 Å². The fourth-order valence-electron chi connectivity index (χ4n) is 6.14. The minimum Gasteiger partial charge on any atom is -0.467 e. The van der Waals surface area contributed by atoms with Gasteiger partial charge in [-0.3, -0.25) is 9.36 Å². The Bertz CT molecular complexity index is 2000. The van der Waals surface area contributed by atoms with Crippen LogP contribution in [0.1, 0.15) is 41.8 Å². The maximum absolute atomic E-state index is 14.8. The molecule has 6 aromatic rings. The second-order valence-corrected chi connectivity index (χ2v) is 11.5. The van der Waals surface area contributed by atoms with Gasteiger partial charge in [0.25, 0.3) is 5.56 Å². The number of pyridine rings is 1. The van der Waals surface area contributed by atoms with Crippen molar-refractivity contribution in [3.05, 3.63) is 118 Å². The predicted molar refractivity (Wildman–Crippen MR) is 171 cm³/mol. The first-order valence-corrected chi connectivity index (χ1v) is 15.0. The van der Waals surface area contributed by atoms with E-state index >= 15 is 0 Å². The third kappa shape index (κ3) is 5.70. The summed E-state index contributed by atoms with van der Waals surface area (Å²) in [5.41, 5.74) is 5.05. The molecule has 228 valence electrons. The summed E-state index contributed by atoms with van der Waals surface area (Å²) < 4.78 is 27.2. The van der Waals surface area contributed by atoms with Crippen molar-refractivity contribution in [2.45, 2.75) is 24.8 Å². The lowest BCUT2D eigenvalue weighted by Crippen LogP contribution is -2.29. The highest BCUT2D eigenvalue weighted by Crippen LogP contribution is 2.34. The number of ether oxygens (including phenoxy) is 2. The van der Waals surface area contributed by atoms with E-state index < -0.39 is 17.4 Å². The Kier molecular flexibility index (Phi) is 7.83. The largest absolute Gasteiger partial charge is 0.467 e. The van der Waals surface area contributed by atoms with Gasteiger partial charge in [0, 0.05) is 18.2 Å². The molecule has 10 heteroatoms. The lowest BCUT2D eigenvalue weighted by Gasteiger charge is -2.29. The fourth-order valence-corrected chi connectivity index (χ4v) is 6.14. The summed E-state index contributed by atoms with van der Waals surface area (Å²) in [5, 5.41) is 0. The van der Waals surface area contributed by atoms with E-state index in [1.54, 1.807) is 6.07 Å². The van der Waals surface area contributed by atoms with E-state index in [4.69, 9.17) is 19.4 Å². The van der Waals surface area contributed by atoms with Crippen molar-refractivity contribution in [1.82, 2.24) is 29.4 Å². The molecule has 1 fully saturated rings. The number of rotatable bonds is 8. The summed E-state index contributed by atoms with van der Waals surface area (Å²) in [4.78, 5) is 34.1. The number of hydrogen-bond donors (Lipinski definition) is 1. The van der Waals surface area contributed by atoms with Crippen molar-refractivity contribution < 1.29 is 13.9 Å². The van der Waals surface area contributed by atoms with Crippen LogP contribution in [0.3, 0.4) is 0 Å². The molecule has 3 aromatic carbocycles. The van der Waals surface area contributed by atoms with Crippen LogP contribution in [0.2, 0.25) is 0 Å². The summed E-state index contributed by atoms with van der Waals surface area (Å²) in [7, 11) is 3.67. The molecule has 1 aliphatic heterocycles. The molecule has 4 heterocycles. The molecular formula is C35H33FN6O3. The molecule has 0 bridgehead atoms. The number of fused-ring (bicyclic) bond motifs is 2. The highest BCUT2D eigenvalue weighted by molar-refractivity contribution is 5.77. The Balaban J connectivity index is 1.33. The maximum Gasteiger partial charge on any atom is 0.280 e. The number of piperidine rings is 1. The molecule has 0 aliphatic carbocycles. The van der Waals surface area contributed by atoms with Gasteiger partial charge in [-0.05, 0) is 86.9 Å². The van der Waals surface area contributed by atoms with Crippen molar-refractivity contribution >= 4 is 22.1 Å². The molecule has 0 spiro atoms. The number of aromatic nitrogens is 5. The van der Waals surface area contributed by atoms with Gasteiger partial charge in [0.2, 0.25) is 0 Å². The molecule has 1 N–H and O–H groups in total. The second-order valence-electron chi connectivity index (χ2n) is 11.5. The van der Waals surface area contributed by atoms with E-state index in [1.807, 2.05) is 30.3 Å². The molecule has 3 aromatic heterocycles.